The molecule has 0 aliphatic carbocycles. The average Bonchev–Trinajstić information content (AvgIpc) is 2.27. The topological polar surface area (TPSA) is 26.3 Å². The van der Waals surface area contributed by atoms with Crippen molar-refractivity contribution in [1.82, 2.24) is 0 Å². The molecule has 2 nitrogen and oxygen atoms in total. The van der Waals surface area contributed by atoms with Gasteiger partial charge in [-0.15, -0.1) is 6.58 Å². The second kappa shape index (κ2) is 11.3. The first-order valence-corrected chi connectivity index (χ1v) is 9.38. The summed E-state index contributed by atoms with van der Waals surface area (Å²) in [5, 5.41) is 0. The largest absolute Gasteiger partial charge is 0.318 e. The van der Waals surface area contributed by atoms with Gasteiger partial charge in [-0.2, -0.15) is 0 Å². The fourth-order valence-electron chi connectivity index (χ4n) is 1.73. The molecule has 0 rings (SSSR count). The van der Waals surface area contributed by atoms with E-state index < -0.39 is 6.72 Å². The lowest BCUT2D eigenvalue weighted by Crippen LogP contribution is -1.90. The van der Waals surface area contributed by atoms with Crippen molar-refractivity contribution in [2.24, 2.45) is 0 Å². The molecule has 0 N–H and O–H groups in total. The van der Waals surface area contributed by atoms with Crippen LogP contribution in [-0.4, -0.2) is 12.8 Å². The minimum atomic E-state index is -2.80. The van der Waals surface area contributed by atoms with E-state index in [1.807, 2.05) is 13.0 Å². The Morgan fingerprint density at radius 1 is 1.12 bits per heavy atom. The van der Waals surface area contributed by atoms with Crippen LogP contribution >= 0.6 is 18.0 Å². The molecule has 0 aromatic carbocycles. The van der Waals surface area contributed by atoms with Crippen LogP contribution in [0.4, 0.5) is 0 Å². The molecule has 0 saturated carbocycles. The van der Waals surface area contributed by atoms with Crippen LogP contribution < -0.4 is 0 Å². The highest BCUT2D eigenvalue weighted by atomic mass is 35.7. The SMILES string of the molecule is C=CCCCCCCCCC[P@@](=O)(Cl)OCC. The molecule has 0 bridgehead atoms. The zero-order valence-electron chi connectivity index (χ0n) is 11.0. The summed E-state index contributed by atoms with van der Waals surface area (Å²) in [5.41, 5.74) is 0. The van der Waals surface area contributed by atoms with Crippen LogP contribution in [0.2, 0.25) is 0 Å². The van der Waals surface area contributed by atoms with Crippen molar-refractivity contribution >= 4 is 18.0 Å². The van der Waals surface area contributed by atoms with E-state index in [2.05, 4.69) is 6.58 Å². The first-order valence-electron chi connectivity index (χ1n) is 6.66. The highest BCUT2D eigenvalue weighted by Gasteiger charge is 2.17. The van der Waals surface area contributed by atoms with Gasteiger partial charge >= 0.3 is 0 Å². The van der Waals surface area contributed by atoms with Gasteiger partial charge < -0.3 is 4.52 Å². The smallest absolute Gasteiger partial charge is 0.290 e. The molecule has 0 aromatic rings. The molecule has 0 amide bonds. The highest BCUT2D eigenvalue weighted by Crippen LogP contribution is 2.52. The van der Waals surface area contributed by atoms with Gasteiger partial charge in [0.15, 0.2) is 0 Å². The van der Waals surface area contributed by atoms with Gasteiger partial charge in [-0.25, -0.2) is 0 Å². The van der Waals surface area contributed by atoms with Gasteiger partial charge in [0.2, 0.25) is 0 Å². The lowest BCUT2D eigenvalue weighted by Gasteiger charge is -2.09. The molecule has 0 aromatic heterocycles. The van der Waals surface area contributed by atoms with Crippen molar-refractivity contribution in [3.63, 3.8) is 0 Å². The third kappa shape index (κ3) is 12.5. The molecule has 0 aliphatic heterocycles. The number of hydrogen-bond acceptors (Lipinski definition) is 2. The molecule has 0 unspecified atom stereocenters. The standard InChI is InChI=1S/C13H26ClO2P/c1-3-5-6-7-8-9-10-11-12-13-17(14,15)16-4-2/h3H,1,4-13H2,2H3/t17-/m0/s1. The Kier molecular flexibility index (Phi) is 11.5. The molecule has 0 heterocycles. The van der Waals surface area contributed by atoms with Gasteiger partial charge in [0.1, 0.15) is 0 Å². The molecule has 1 atom stereocenters. The fourth-order valence-corrected chi connectivity index (χ4v) is 3.50. The number of rotatable bonds is 12. The van der Waals surface area contributed by atoms with Crippen LogP contribution in [0, 0.1) is 0 Å². The molecule has 0 spiro atoms. The van der Waals surface area contributed by atoms with Gasteiger partial charge in [0.25, 0.3) is 6.72 Å². The van der Waals surface area contributed by atoms with E-state index in [1.54, 1.807) is 0 Å². The van der Waals surface area contributed by atoms with Gasteiger partial charge in [0.05, 0.1) is 6.61 Å². The second-order valence-electron chi connectivity index (χ2n) is 4.28. The van der Waals surface area contributed by atoms with Crippen molar-refractivity contribution in [1.29, 1.82) is 0 Å². The fraction of sp³-hybridized carbons (Fsp3) is 0.846. The van der Waals surface area contributed by atoms with E-state index in [0.29, 0.717) is 12.8 Å². The summed E-state index contributed by atoms with van der Waals surface area (Å²) in [4.78, 5) is 0. The molecule has 4 heteroatoms. The molecule has 0 fully saturated rings. The summed E-state index contributed by atoms with van der Waals surface area (Å²) < 4.78 is 16.6. The Morgan fingerprint density at radius 3 is 2.18 bits per heavy atom. The van der Waals surface area contributed by atoms with Crippen molar-refractivity contribution in [2.75, 3.05) is 12.8 Å². The summed E-state index contributed by atoms with van der Waals surface area (Å²) in [6.07, 6.45) is 11.9. The molecular weight excluding hydrogens is 255 g/mol. The normalized spacial score (nSPS) is 14.5. The zero-order valence-corrected chi connectivity index (χ0v) is 12.6. The lowest BCUT2D eigenvalue weighted by molar-refractivity contribution is 0.344. The minimum absolute atomic E-state index is 0.435. The van der Waals surface area contributed by atoms with Crippen LogP contribution in [0.5, 0.6) is 0 Å². The quantitative estimate of drug-likeness (QED) is 0.258. The van der Waals surface area contributed by atoms with E-state index in [0.717, 1.165) is 19.3 Å². The van der Waals surface area contributed by atoms with Crippen LogP contribution in [0.1, 0.15) is 58.3 Å². The van der Waals surface area contributed by atoms with Crippen molar-refractivity contribution < 1.29 is 9.09 Å². The van der Waals surface area contributed by atoms with Crippen LogP contribution in [0.25, 0.3) is 0 Å². The van der Waals surface area contributed by atoms with Gasteiger partial charge in [-0.3, -0.25) is 4.57 Å². The monoisotopic (exact) mass is 280 g/mol. The molecule has 0 aliphatic rings. The summed E-state index contributed by atoms with van der Waals surface area (Å²) >= 11 is 5.76. The molecule has 0 saturated heterocycles. The van der Waals surface area contributed by atoms with Gasteiger partial charge in [0, 0.05) is 6.16 Å². The number of hydrogen-bond donors (Lipinski definition) is 0. The van der Waals surface area contributed by atoms with Gasteiger partial charge in [-0.05, 0) is 37.4 Å². The molecule has 0 radical (unpaired) electrons. The Bertz CT molecular complexity index is 231. The van der Waals surface area contributed by atoms with Crippen LogP contribution in [0.15, 0.2) is 12.7 Å². The maximum Gasteiger partial charge on any atom is 0.290 e. The van der Waals surface area contributed by atoms with E-state index in [9.17, 15) is 4.57 Å². The molecule has 17 heavy (non-hydrogen) atoms. The van der Waals surface area contributed by atoms with Crippen molar-refractivity contribution in [3.05, 3.63) is 12.7 Å². The summed E-state index contributed by atoms with van der Waals surface area (Å²) in [6, 6.07) is 0. The Hall–Kier alpha value is 0.220. The predicted molar refractivity (Wildman–Crippen MR) is 77.1 cm³/mol. The Morgan fingerprint density at radius 2 is 1.65 bits per heavy atom. The zero-order chi connectivity index (χ0) is 13.0. The highest BCUT2D eigenvalue weighted by molar-refractivity contribution is 7.85. The Labute approximate surface area is 111 Å². The molecule has 102 valence electrons. The van der Waals surface area contributed by atoms with E-state index >= 15 is 0 Å². The van der Waals surface area contributed by atoms with E-state index in [1.165, 1.54) is 32.1 Å². The van der Waals surface area contributed by atoms with Crippen LogP contribution in [0.3, 0.4) is 0 Å². The van der Waals surface area contributed by atoms with Crippen molar-refractivity contribution in [2.45, 2.75) is 58.3 Å². The third-order valence-corrected chi connectivity index (χ3v) is 4.95. The maximum absolute atomic E-state index is 11.6. The summed E-state index contributed by atoms with van der Waals surface area (Å²) in [5.74, 6) is 0. The lowest BCUT2D eigenvalue weighted by atomic mass is 10.1. The first kappa shape index (κ1) is 17.2. The minimum Gasteiger partial charge on any atom is -0.318 e. The second-order valence-corrected chi connectivity index (χ2v) is 7.72. The first-order chi connectivity index (χ1) is 8.12. The molecular formula is C13H26ClO2P. The third-order valence-electron chi connectivity index (χ3n) is 2.66. The average molecular weight is 281 g/mol. The van der Waals surface area contributed by atoms with E-state index in [-0.39, 0.29) is 0 Å². The summed E-state index contributed by atoms with van der Waals surface area (Å²) in [7, 11) is 0. The van der Waals surface area contributed by atoms with Crippen molar-refractivity contribution in [3.8, 4) is 0 Å². The number of unbranched alkanes of at least 4 members (excludes halogenated alkanes) is 7. The van der Waals surface area contributed by atoms with Gasteiger partial charge in [-0.1, -0.05) is 38.2 Å². The number of halogens is 1. The maximum atomic E-state index is 11.6. The van der Waals surface area contributed by atoms with Crippen LogP contribution in [-0.2, 0) is 9.09 Å². The van der Waals surface area contributed by atoms with E-state index in [4.69, 9.17) is 15.8 Å². The predicted octanol–water partition coefficient (Wildman–Crippen LogP) is 5.76. The Balaban J connectivity index is 3.23. The summed E-state index contributed by atoms with van der Waals surface area (Å²) in [6.45, 7) is 3.16. The number of allylic oxidation sites excluding steroid dienone is 1.